The van der Waals surface area contributed by atoms with Crippen molar-refractivity contribution in [3.63, 3.8) is 0 Å². The summed E-state index contributed by atoms with van der Waals surface area (Å²) in [6.45, 7) is 0.413. The van der Waals surface area contributed by atoms with Crippen LogP contribution in [0.4, 0.5) is 0 Å². The number of benzene rings is 2. The molecule has 5 heterocycles. The minimum Gasteiger partial charge on any atom is -0.481 e. The van der Waals surface area contributed by atoms with Crippen LogP contribution < -0.4 is 43.0 Å². The molecule has 2 aromatic carbocycles. The summed E-state index contributed by atoms with van der Waals surface area (Å²) in [5.74, 6) is -10.1. The van der Waals surface area contributed by atoms with Crippen molar-refractivity contribution in [3.8, 4) is 0 Å². The van der Waals surface area contributed by atoms with Crippen LogP contribution in [0, 0.1) is 5.92 Å². The van der Waals surface area contributed by atoms with E-state index in [0.717, 1.165) is 29.3 Å². The van der Waals surface area contributed by atoms with Gasteiger partial charge in [-0.05, 0) is 42.5 Å². The highest BCUT2D eigenvalue weighted by atomic mass is 32.2. The van der Waals surface area contributed by atoms with Crippen LogP contribution in [0.1, 0.15) is 48.9 Å². The fraction of sp³-hybridized carbons (Fsp3) is 0.420. The second-order valence-corrected chi connectivity index (χ2v) is 21.4. The number of imidazole rings is 1. The number of nitrogens with zero attached hydrogens (tertiary/aromatic N) is 2. The minimum atomic E-state index is -2.13. The van der Waals surface area contributed by atoms with Gasteiger partial charge in [0, 0.05) is 101 Å². The van der Waals surface area contributed by atoms with Gasteiger partial charge in [0.15, 0.2) is 0 Å². The third-order valence-corrected chi connectivity index (χ3v) is 15.9. The fourth-order valence-electron chi connectivity index (χ4n) is 9.41. The molecular weight excluding hydrogens is 1020 g/mol. The minimum absolute atomic E-state index is 0.0523. The molecule has 2 saturated heterocycles. The molecule has 1 aliphatic carbocycles. The lowest BCUT2D eigenvalue weighted by Crippen LogP contribution is -2.62. The normalized spacial score (nSPS) is 24.1. The van der Waals surface area contributed by atoms with E-state index in [0.29, 0.717) is 40.3 Å². The fourth-order valence-corrected chi connectivity index (χ4v) is 11.5. The summed E-state index contributed by atoms with van der Waals surface area (Å²) in [6, 6.07) is 7.48. The molecule has 9 amide bonds. The van der Waals surface area contributed by atoms with Crippen LogP contribution in [-0.4, -0.2) is 161 Å². The molecule has 7 atom stereocenters. The summed E-state index contributed by atoms with van der Waals surface area (Å²) < 4.78 is 0. The lowest BCUT2D eigenvalue weighted by molar-refractivity contribution is -0.142. The second-order valence-electron chi connectivity index (χ2n) is 18.9. The van der Waals surface area contributed by atoms with Crippen LogP contribution in [0.5, 0.6) is 0 Å². The van der Waals surface area contributed by atoms with E-state index < -0.39 is 114 Å². The zero-order chi connectivity index (χ0) is 53.9. The number of hydrogen-bond donors (Lipinski definition) is 12. The van der Waals surface area contributed by atoms with Crippen molar-refractivity contribution in [1.82, 2.24) is 62.1 Å². The Morgan fingerprint density at radius 1 is 0.789 bits per heavy atom. The van der Waals surface area contributed by atoms with E-state index in [-0.39, 0.29) is 43.1 Å². The third-order valence-electron chi connectivity index (χ3n) is 13.5. The first-order valence-corrected chi connectivity index (χ1v) is 27.0. The number of aromatic amines is 3. The highest BCUT2D eigenvalue weighted by molar-refractivity contribution is 8.16. The highest BCUT2D eigenvalue weighted by Gasteiger charge is 2.66. The zero-order valence-corrected chi connectivity index (χ0v) is 42.7. The molecule has 2 unspecified atom stereocenters. The number of carboxylic acid groups (broad SMARTS) is 1. The molecule has 1 spiro atoms. The maximum atomic E-state index is 14.7. The van der Waals surface area contributed by atoms with Crippen molar-refractivity contribution in [2.45, 2.75) is 87.1 Å². The Morgan fingerprint density at radius 3 is 2.11 bits per heavy atom. The first-order valence-electron chi connectivity index (χ1n) is 24.7. The number of carboxylic acids is 1. The summed E-state index contributed by atoms with van der Waals surface area (Å²) in [6.07, 6.45) is 6.16. The van der Waals surface area contributed by atoms with Gasteiger partial charge in [-0.2, -0.15) is 11.8 Å². The van der Waals surface area contributed by atoms with Gasteiger partial charge < -0.3 is 67.9 Å². The summed E-state index contributed by atoms with van der Waals surface area (Å²) in [5, 5.41) is 30.5. The van der Waals surface area contributed by atoms with Gasteiger partial charge in [0.2, 0.25) is 53.2 Å². The van der Waals surface area contributed by atoms with Crippen LogP contribution >= 0.6 is 23.5 Å². The molecule has 2 aliphatic heterocycles. The Labute approximate surface area is 443 Å². The zero-order valence-electron chi connectivity index (χ0n) is 41.1. The molecule has 8 rings (SSSR count). The number of nitrogens with one attached hydrogen (secondary N) is 10. The van der Waals surface area contributed by atoms with Crippen molar-refractivity contribution in [2.24, 2.45) is 11.7 Å². The molecule has 3 fully saturated rings. The second kappa shape index (κ2) is 24.7. The number of aromatic nitrogens is 4. The molecule has 0 bridgehead atoms. The van der Waals surface area contributed by atoms with Crippen LogP contribution in [0.3, 0.4) is 0 Å². The summed E-state index contributed by atoms with van der Waals surface area (Å²) in [7, 11) is 0. The predicted molar refractivity (Wildman–Crippen MR) is 280 cm³/mol. The number of rotatable bonds is 12. The van der Waals surface area contributed by atoms with E-state index >= 15 is 0 Å². The number of carbonyl (C=O) groups is 10. The van der Waals surface area contributed by atoms with Crippen LogP contribution in [0.15, 0.2) is 73.4 Å². The van der Waals surface area contributed by atoms with E-state index in [1.165, 1.54) is 36.0 Å². The number of amides is 9. The number of para-hydroxylation sites is 2. The van der Waals surface area contributed by atoms with E-state index in [1.54, 1.807) is 41.6 Å². The monoisotopic (exact) mass is 1080 g/mol. The van der Waals surface area contributed by atoms with E-state index in [1.807, 2.05) is 24.3 Å². The topological polar surface area (TPSA) is 365 Å². The van der Waals surface area contributed by atoms with E-state index in [2.05, 4.69) is 57.2 Å². The number of thioether (sulfide) groups is 2. The summed E-state index contributed by atoms with van der Waals surface area (Å²) in [5.41, 5.74) is 6.53. The quantitative estimate of drug-likeness (QED) is 0.0730. The number of H-pyrrole nitrogens is 3. The van der Waals surface area contributed by atoms with E-state index in [4.69, 9.17) is 5.73 Å². The smallest absolute Gasteiger partial charge is 0.309 e. The van der Waals surface area contributed by atoms with Gasteiger partial charge in [-0.25, -0.2) is 4.98 Å². The molecule has 76 heavy (non-hydrogen) atoms. The Hall–Kier alpha value is -7.87. The molecule has 3 aromatic heterocycles. The van der Waals surface area contributed by atoms with Gasteiger partial charge in [0.05, 0.1) is 25.2 Å². The molecule has 24 nitrogen and oxygen atoms in total. The van der Waals surface area contributed by atoms with Crippen molar-refractivity contribution >= 4 is 104 Å². The lowest BCUT2D eigenvalue weighted by Gasteiger charge is -2.28. The van der Waals surface area contributed by atoms with Crippen molar-refractivity contribution in [3.05, 3.63) is 90.3 Å². The SMILES string of the molecule is NC(=O)C[C@@H]1NC(=O)CNC(=O)CCSCSC[C@@H](C(=O)N[C@@H](Cc2c[nH]c3ccccc23)C(=O)N2CCCC2)NC(=O)C2(CC2C(=O)O)NC(=O)[C@H](Cc2cnc[nH]2)NC(=O)[C@H](Cc2c[nH]c3ccccc23)NC1=O. The van der Waals surface area contributed by atoms with Crippen LogP contribution in [-0.2, 0) is 67.2 Å². The van der Waals surface area contributed by atoms with Gasteiger partial charge in [0.25, 0.3) is 0 Å². The largest absolute Gasteiger partial charge is 0.481 e. The van der Waals surface area contributed by atoms with E-state index in [9.17, 15) is 53.1 Å². The molecule has 13 N–H and O–H groups in total. The Kier molecular flexibility index (Phi) is 17.6. The molecular formula is C50H59N13O11S2. The van der Waals surface area contributed by atoms with Crippen LogP contribution in [0.2, 0.25) is 0 Å². The van der Waals surface area contributed by atoms with Crippen LogP contribution in [0.25, 0.3) is 21.8 Å². The third kappa shape index (κ3) is 13.5. The Morgan fingerprint density at radius 2 is 1.45 bits per heavy atom. The van der Waals surface area contributed by atoms with Crippen molar-refractivity contribution < 1.29 is 53.1 Å². The first-order chi connectivity index (χ1) is 36.6. The summed E-state index contributed by atoms with van der Waals surface area (Å²) in [4.78, 5) is 153. The first kappa shape index (κ1) is 54.4. The van der Waals surface area contributed by atoms with Crippen molar-refractivity contribution in [1.29, 1.82) is 0 Å². The number of carbonyl (C=O) groups excluding carboxylic acids is 9. The average Bonchev–Trinajstić information content (AvgIpc) is 4.04. The number of primary amides is 1. The standard InChI is InChI=1S/C50H59N13O11S2/c51-40(64)18-37-44(68)58-35(15-27-20-53-33-9-3-1-7-30(27)33)43(67)59-36(17-29-22-52-25-56-29)46(70)62-50(19-32(50)48(72)73)49(74)61-39(24-76-26-75-14-11-41(65)55-23-42(66)57-37)45(69)60-38(47(71)63-12-5-6-13-63)16-28-21-54-34-10-4-2-8-31(28)34/h1-4,7-10,20-22,25,32,35-39,53-54H,5-6,11-19,23-24,26H2,(H2,51,64)(H,52,56)(H,55,65)(H,57,66)(H,58,68)(H,59,67)(H,60,69)(H,61,74)(H,62,70)(H,72,73)/t32?,35-,36-,37-,38-,39-,50?/m0/s1. The van der Waals surface area contributed by atoms with Gasteiger partial charge in [-0.1, -0.05) is 36.4 Å². The molecule has 1 saturated carbocycles. The number of likely N-dealkylation sites (tertiary alicyclic amines) is 1. The number of hydrogen-bond acceptors (Lipinski definition) is 13. The maximum Gasteiger partial charge on any atom is 0.309 e. The number of aliphatic carboxylic acids is 1. The van der Waals surface area contributed by atoms with Gasteiger partial charge in [-0.15, -0.1) is 11.8 Å². The van der Waals surface area contributed by atoms with Gasteiger partial charge in [0.1, 0.15) is 35.7 Å². The molecule has 3 aliphatic rings. The molecule has 5 aromatic rings. The predicted octanol–water partition coefficient (Wildman–Crippen LogP) is -0.775. The number of fused-ring (bicyclic) bond motifs is 2. The molecule has 0 radical (unpaired) electrons. The maximum absolute atomic E-state index is 14.7. The molecule has 402 valence electrons. The Balaban J connectivity index is 1.10. The highest BCUT2D eigenvalue weighted by Crippen LogP contribution is 2.44. The Bertz CT molecular complexity index is 2990. The summed E-state index contributed by atoms with van der Waals surface area (Å²) >= 11 is 2.52. The van der Waals surface area contributed by atoms with Crippen molar-refractivity contribution in [2.75, 3.05) is 36.2 Å². The van der Waals surface area contributed by atoms with Gasteiger partial charge in [-0.3, -0.25) is 47.9 Å². The lowest BCUT2D eigenvalue weighted by atomic mass is 10.0. The molecule has 26 heteroatoms. The number of nitrogens with two attached hydrogens (primary N) is 1. The average molecular weight is 1080 g/mol. The van der Waals surface area contributed by atoms with Gasteiger partial charge >= 0.3 is 5.97 Å².